The number of methoxy groups -OCH3 is 2. The van der Waals surface area contributed by atoms with Gasteiger partial charge in [-0.2, -0.15) is 5.10 Å². The predicted molar refractivity (Wildman–Crippen MR) is 115 cm³/mol. The van der Waals surface area contributed by atoms with E-state index in [4.69, 9.17) is 9.47 Å². The number of nitrogens with one attached hydrogen (secondary N) is 2. The topological polar surface area (TPSA) is 72.7 Å². The molecule has 0 saturated heterocycles. The predicted octanol–water partition coefficient (Wildman–Crippen LogP) is 2.35. The average Bonchev–Trinajstić information content (AvgIpc) is 3.04. The van der Waals surface area contributed by atoms with Crippen molar-refractivity contribution >= 4 is 29.9 Å². The number of ether oxygens (including phenoxy) is 2. The van der Waals surface area contributed by atoms with Gasteiger partial charge in [0.05, 0.1) is 26.5 Å². The first-order valence-electron chi connectivity index (χ1n) is 8.37. The lowest BCUT2D eigenvalue weighted by Crippen LogP contribution is -2.38. The second-order valence-electron chi connectivity index (χ2n) is 5.51. The summed E-state index contributed by atoms with van der Waals surface area (Å²) >= 11 is 0. The van der Waals surface area contributed by atoms with Crippen LogP contribution in [0.2, 0.25) is 0 Å². The zero-order valence-electron chi connectivity index (χ0n) is 15.8. The Kier molecular flexibility index (Phi) is 9.85. The molecule has 2 N–H and O–H groups in total. The van der Waals surface area contributed by atoms with Crippen molar-refractivity contribution in [2.24, 2.45) is 12.0 Å². The van der Waals surface area contributed by atoms with Crippen molar-refractivity contribution in [3.8, 4) is 11.5 Å². The molecule has 0 aliphatic rings. The Hall–Kier alpha value is -1.97. The number of rotatable bonds is 8. The number of hydrogen-bond donors (Lipinski definition) is 2. The lowest BCUT2D eigenvalue weighted by Gasteiger charge is -2.12. The third kappa shape index (κ3) is 6.40. The van der Waals surface area contributed by atoms with E-state index in [2.05, 4.69) is 27.6 Å². The van der Waals surface area contributed by atoms with Gasteiger partial charge in [-0.05, 0) is 37.1 Å². The standard InChI is InChI=1S/C18H27N5O2.HI/c1-5-19-18(21-13-15-9-11-22-23(15)2)20-10-8-14-6-7-16(24-3)17(12-14)25-4;/h6-7,9,11-12H,5,8,10,13H2,1-4H3,(H2,19,20,21);1H. The number of benzene rings is 1. The molecule has 2 aromatic rings. The second kappa shape index (κ2) is 11.6. The van der Waals surface area contributed by atoms with Gasteiger partial charge in [-0.3, -0.25) is 4.68 Å². The molecule has 26 heavy (non-hydrogen) atoms. The highest BCUT2D eigenvalue weighted by Gasteiger charge is 2.05. The van der Waals surface area contributed by atoms with E-state index in [-0.39, 0.29) is 24.0 Å². The van der Waals surface area contributed by atoms with Crippen molar-refractivity contribution in [3.63, 3.8) is 0 Å². The molecule has 0 bridgehead atoms. The Morgan fingerprint density at radius 1 is 1.15 bits per heavy atom. The van der Waals surface area contributed by atoms with E-state index in [9.17, 15) is 0 Å². The van der Waals surface area contributed by atoms with Crippen LogP contribution in [0.3, 0.4) is 0 Å². The molecule has 0 radical (unpaired) electrons. The van der Waals surface area contributed by atoms with Gasteiger partial charge in [0.15, 0.2) is 17.5 Å². The normalized spacial score (nSPS) is 10.8. The van der Waals surface area contributed by atoms with E-state index in [1.54, 1.807) is 20.4 Å². The van der Waals surface area contributed by atoms with E-state index in [0.717, 1.165) is 42.7 Å². The maximum absolute atomic E-state index is 5.34. The molecule has 144 valence electrons. The molecule has 0 aliphatic heterocycles. The molecule has 7 nitrogen and oxygen atoms in total. The van der Waals surface area contributed by atoms with Gasteiger partial charge < -0.3 is 20.1 Å². The summed E-state index contributed by atoms with van der Waals surface area (Å²) in [5.41, 5.74) is 2.24. The van der Waals surface area contributed by atoms with Crippen LogP contribution in [0.15, 0.2) is 35.5 Å². The maximum atomic E-state index is 5.34. The summed E-state index contributed by atoms with van der Waals surface area (Å²) in [5, 5.41) is 10.8. The smallest absolute Gasteiger partial charge is 0.191 e. The number of hydrogen-bond acceptors (Lipinski definition) is 4. The monoisotopic (exact) mass is 473 g/mol. The van der Waals surface area contributed by atoms with Crippen molar-refractivity contribution in [2.45, 2.75) is 19.9 Å². The number of guanidine groups is 1. The number of aryl methyl sites for hydroxylation is 1. The summed E-state index contributed by atoms with van der Waals surface area (Å²) in [5.74, 6) is 2.28. The van der Waals surface area contributed by atoms with Gasteiger partial charge in [-0.15, -0.1) is 24.0 Å². The molecule has 1 aromatic carbocycles. The third-order valence-electron chi connectivity index (χ3n) is 3.82. The zero-order valence-corrected chi connectivity index (χ0v) is 18.1. The summed E-state index contributed by atoms with van der Waals surface area (Å²) in [6.07, 6.45) is 2.64. The van der Waals surface area contributed by atoms with E-state index < -0.39 is 0 Å². The van der Waals surface area contributed by atoms with E-state index >= 15 is 0 Å². The van der Waals surface area contributed by atoms with Crippen LogP contribution < -0.4 is 20.1 Å². The summed E-state index contributed by atoms with van der Waals surface area (Å²) in [7, 11) is 5.21. The molecule has 0 spiro atoms. The molecule has 1 aromatic heterocycles. The molecular formula is C18H28IN5O2. The Morgan fingerprint density at radius 2 is 1.92 bits per heavy atom. The summed E-state index contributed by atoms with van der Waals surface area (Å²) in [4.78, 5) is 4.60. The van der Waals surface area contributed by atoms with Gasteiger partial charge in [0.25, 0.3) is 0 Å². The highest BCUT2D eigenvalue weighted by Crippen LogP contribution is 2.27. The minimum Gasteiger partial charge on any atom is -0.493 e. The molecule has 0 atom stereocenters. The Bertz CT molecular complexity index is 703. The molecule has 0 amide bonds. The fraction of sp³-hybridized carbons (Fsp3) is 0.444. The van der Waals surface area contributed by atoms with Crippen LogP contribution in [0.1, 0.15) is 18.2 Å². The first-order chi connectivity index (χ1) is 12.2. The fourth-order valence-electron chi connectivity index (χ4n) is 2.42. The van der Waals surface area contributed by atoms with Crippen LogP contribution in [0.4, 0.5) is 0 Å². The zero-order chi connectivity index (χ0) is 18.1. The molecule has 1 heterocycles. The van der Waals surface area contributed by atoms with Crippen molar-refractivity contribution in [1.29, 1.82) is 0 Å². The van der Waals surface area contributed by atoms with Gasteiger partial charge in [0, 0.05) is 26.3 Å². The largest absolute Gasteiger partial charge is 0.493 e. The molecular weight excluding hydrogens is 445 g/mol. The van der Waals surface area contributed by atoms with Crippen LogP contribution in [0, 0.1) is 0 Å². The van der Waals surface area contributed by atoms with Crippen LogP contribution in [0.25, 0.3) is 0 Å². The second-order valence-corrected chi connectivity index (χ2v) is 5.51. The number of aromatic nitrogens is 2. The summed E-state index contributed by atoms with van der Waals surface area (Å²) < 4.78 is 12.4. The van der Waals surface area contributed by atoms with Gasteiger partial charge in [-0.25, -0.2) is 4.99 Å². The fourth-order valence-corrected chi connectivity index (χ4v) is 2.42. The van der Waals surface area contributed by atoms with Crippen LogP contribution in [-0.2, 0) is 20.0 Å². The maximum Gasteiger partial charge on any atom is 0.191 e. The van der Waals surface area contributed by atoms with Crippen molar-refractivity contribution in [2.75, 3.05) is 27.3 Å². The Morgan fingerprint density at radius 3 is 2.54 bits per heavy atom. The third-order valence-corrected chi connectivity index (χ3v) is 3.82. The SMILES string of the molecule is CCNC(=NCc1ccnn1C)NCCc1ccc(OC)c(OC)c1.I. The van der Waals surface area contributed by atoms with E-state index in [1.807, 2.05) is 36.0 Å². The molecule has 0 fully saturated rings. The first-order valence-corrected chi connectivity index (χ1v) is 8.37. The Balaban J connectivity index is 0.00000338. The molecule has 0 aliphatic carbocycles. The minimum absolute atomic E-state index is 0. The van der Waals surface area contributed by atoms with Gasteiger partial charge in [-0.1, -0.05) is 6.07 Å². The van der Waals surface area contributed by atoms with Crippen molar-refractivity contribution < 1.29 is 9.47 Å². The first kappa shape index (κ1) is 22.1. The molecule has 0 unspecified atom stereocenters. The van der Waals surface area contributed by atoms with Crippen molar-refractivity contribution in [1.82, 2.24) is 20.4 Å². The molecule has 8 heteroatoms. The van der Waals surface area contributed by atoms with Gasteiger partial charge >= 0.3 is 0 Å². The Labute approximate surface area is 172 Å². The quantitative estimate of drug-likeness (QED) is 0.350. The highest BCUT2D eigenvalue weighted by molar-refractivity contribution is 14.0. The highest BCUT2D eigenvalue weighted by atomic mass is 127. The lowest BCUT2D eigenvalue weighted by atomic mass is 10.1. The van der Waals surface area contributed by atoms with Crippen LogP contribution >= 0.6 is 24.0 Å². The van der Waals surface area contributed by atoms with Crippen molar-refractivity contribution in [3.05, 3.63) is 41.7 Å². The number of aliphatic imine (C=N–C) groups is 1. The number of nitrogens with zero attached hydrogens (tertiary/aromatic N) is 3. The van der Waals surface area contributed by atoms with Crippen LogP contribution in [0.5, 0.6) is 11.5 Å². The minimum atomic E-state index is 0. The van der Waals surface area contributed by atoms with E-state index in [0.29, 0.717) is 6.54 Å². The van der Waals surface area contributed by atoms with Gasteiger partial charge in [0.2, 0.25) is 0 Å². The number of halogens is 1. The average molecular weight is 473 g/mol. The van der Waals surface area contributed by atoms with Crippen LogP contribution in [-0.4, -0.2) is 43.0 Å². The molecule has 0 saturated carbocycles. The summed E-state index contributed by atoms with van der Waals surface area (Å²) in [6, 6.07) is 7.94. The lowest BCUT2D eigenvalue weighted by molar-refractivity contribution is 0.354. The van der Waals surface area contributed by atoms with Gasteiger partial charge in [0.1, 0.15) is 0 Å². The summed E-state index contributed by atoms with van der Waals surface area (Å²) in [6.45, 7) is 4.22. The molecule has 2 rings (SSSR count). The van der Waals surface area contributed by atoms with E-state index in [1.165, 1.54) is 5.56 Å².